The molecule has 0 aromatic carbocycles. The molecule has 0 rings (SSSR count). The van der Waals surface area contributed by atoms with Gasteiger partial charge in [0.15, 0.2) is 0 Å². The van der Waals surface area contributed by atoms with Gasteiger partial charge in [0, 0.05) is 0 Å². The maximum absolute atomic E-state index is 12.0. The van der Waals surface area contributed by atoms with E-state index in [9.17, 15) is 37.8 Å². The van der Waals surface area contributed by atoms with Crippen molar-refractivity contribution >= 4 is 31.3 Å². The molecule has 0 radical (unpaired) electrons. The van der Waals surface area contributed by atoms with Crippen molar-refractivity contribution in [3.05, 3.63) is 0 Å². The van der Waals surface area contributed by atoms with Crippen LogP contribution in [0, 0.1) is 0 Å². The van der Waals surface area contributed by atoms with E-state index in [0.29, 0.717) is 52.9 Å². The van der Waals surface area contributed by atoms with Crippen molar-refractivity contribution in [3.63, 3.8) is 0 Å². The Labute approximate surface area is 774 Å². The van der Waals surface area contributed by atoms with Crippen molar-refractivity contribution in [2.45, 2.75) is 620 Å². The molecule has 0 fully saturated rings. The van der Waals surface area contributed by atoms with Crippen LogP contribution in [0.3, 0.4) is 0 Å². The zero-order valence-corrected chi connectivity index (χ0v) is 87.9. The molecule has 752 valence electrons. The fraction of sp³-hybridized carbons (Fsp3) is 1.00. The number of hydrogen-bond acceptors (Lipinski definition) is 12. The molecule has 0 saturated carbocycles. The Kier molecular flexibility index (Phi) is 118. The smallest absolute Gasteiger partial charge is 0.302 e. The number of phosphoric acid groups is 4. The van der Waals surface area contributed by atoms with Gasteiger partial charge >= 0.3 is 31.3 Å². The van der Waals surface area contributed by atoms with Gasteiger partial charge in [0.1, 0.15) is 0 Å². The summed E-state index contributed by atoms with van der Waals surface area (Å²) in [5, 5.41) is 0. The monoisotopic (exact) mass is 1850 g/mol. The van der Waals surface area contributed by atoms with Crippen molar-refractivity contribution in [2.24, 2.45) is 0 Å². The number of rotatable bonds is 104. The fourth-order valence-corrected chi connectivity index (χ4v) is 18.9. The summed E-state index contributed by atoms with van der Waals surface area (Å²) in [5.41, 5.74) is 0. The van der Waals surface area contributed by atoms with E-state index in [1.54, 1.807) is 0 Å². The van der Waals surface area contributed by atoms with E-state index < -0.39 is 31.3 Å². The fourth-order valence-electron chi connectivity index (χ4n) is 15.7. The zero-order chi connectivity index (χ0) is 91.5. The van der Waals surface area contributed by atoms with Crippen LogP contribution in [0.15, 0.2) is 0 Å². The number of phosphoric ester groups is 4. The van der Waals surface area contributed by atoms with Gasteiger partial charge in [0.05, 0.1) is 52.9 Å². The quantitative estimate of drug-likeness (QED) is 0.0328. The van der Waals surface area contributed by atoms with Crippen molar-refractivity contribution in [2.75, 3.05) is 52.9 Å². The first-order valence-corrected chi connectivity index (χ1v) is 60.9. The highest BCUT2D eigenvalue weighted by atomic mass is 31.2. The van der Waals surface area contributed by atoms with Crippen molar-refractivity contribution < 1.29 is 74.0 Å². The standard InChI is InChI=1S/C32H67O4P.C28H59O4P.C24H51O4P.C20H43O4P/c1-3-5-7-9-11-13-15-17-19-21-23-25-27-29-31-35-37(33,34)36-32-30-28-26-24-22-20-18-16-14-12-10-8-6-4-2;1-3-5-7-9-11-13-15-17-19-21-23-25-27-31-33(29,30)32-28-26-24-22-20-18-16-14-12-10-8-6-4-2;1-3-5-7-9-11-13-15-17-19-21-23-27-29(25,26)28-24-22-20-18-16-14-12-10-8-6-4-2;1-3-5-7-9-11-13-15-17-19-23-25(21,22)24-20-18-16-14-12-10-8-6-4-2/h3-32H2,1-2H3,(H,33,34);3-28H2,1-2H3,(H,29,30);3-24H2,1-2H3,(H,25,26);3-20H2,1-2H3,(H,21,22). The first-order chi connectivity index (χ1) is 60.5. The molecule has 0 aliphatic heterocycles. The van der Waals surface area contributed by atoms with E-state index in [1.165, 1.54) is 462 Å². The van der Waals surface area contributed by atoms with Gasteiger partial charge in [-0.1, -0.05) is 569 Å². The van der Waals surface area contributed by atoms with Crippen LogP contribution < -0.4 is 0 Å². The molecule has 20 heteroatoms. The number of unbranched alkanes of at least 4 members (excludes halogenated alkanes) is 80. The highest BCUT2D eigenvalue weighted by molar-refractivity contribution is 7.48. The lowest BCUT2D eigenvalue weighted by molar-refractivity contribution is 0.144. The van der Waals surface area contributed by atoms with Gasteiger partial charge in [0.25, 0.3) is 0 Å². The van der Waals surface area contributed by atoms with Crippen LogP contribution in [0.25, 0.3) is 0 Å². The molecule has 16 nitrogen and oxygen atoms in total. The molecule has 4 N–H and O–H groups in total. The van der Waals surface area contributed by atoms with E-state index in [0.717, 1.165) is 103 Å². The van der Waals surface area contributed by atoms with Crippen molar-refractivity contribution in [3.8, 4) is 0 Å². The molecule has 0 spiro atoms. The van der Waals surface area contributed by atoms with Crippen LogP contribution in [-0.2, 0) is 54.5 Å². The maximum Gasteiger partial charge on any atom is 0.472 e. The molecule has 0 aliphatic rings. The average molecular weight is 1850 g/mol. The lowest BCUT2D eigenvalue weighted by Crippen LogP contribution is -1.99. The van der Waals surface area contributed by atoms with Crippen LogP contribution in [0.4, 0.5) is 0 Å². The van der Waals surface area contributed by atoms with E-state index in [4.69, 9.17) is 36.2 Å². The minimum absolute atomic E-state index is 0.320. The molecule has 0 unspecified atom stereocenters. The second kappa shape index (κ2) is 112. The Hall–Kier alpha value is 0.440. The largest absolute Gasteiger partial charge is 0.472 e. The Morgan fingerprint density at radius 3 is 0.234 bits per heavy atom. The molecular formula is C104H220O16P4. The average Bonchev–Trinajstić information content (AvgIpc) is 0.957. The predicted molar refractivity (Wildman–Crippen MR) is 539 cm³/mol. The lowest BCUT2D eigenvalue weighted by Gasteiger charge is -2.12. The van der Waals surface area contributed by atoms with Crippen molar-refractivity contribution in [1.29, 1.82) is 0 Å². The van der Waals surface area contributed by atoms with Crippen LogP contribution in [0.5, 0.6) is 0 Å². The summed E-state index contributed by atoms with van der Waals surface area (Å²) >= 11 is 0. The maximum atomic E-state index is 12.0. The Morgan fingerprint density at radius 1 is 0.113 bits per heavy atom. The van der Waals surface area contributed by atoms with Gasteiger partial charge in [-0.05, 0) is 51.4 Å². The van der Waals surface area contributed by atoms with E-state index >= 15 is 0 Å². The van der Waals surface area contributed by atoms with Gasteiger partial charge < -0.3 is 19.6 Å². The molecule has 0 bridgehead atoms. The minimum Gasteiger partial charge on any atom is -0.302 e. The van der Waals surface area contributed by atoms with Gasteiger partial charge in [-0.15, -0.1) is 0 Å². The third-order valence-electron chi connectivity index (χ3n) is 24.0. The molecule has 0 amide bonds. The highest BCUT2D eigenvalue weighted by Gasteiger charge is 2.23. The van der Waals surface area contributed by atoms with Gasteiger partial charge in [-0.2, -0.15) is 0 Å². The van der Waals surface area contributed by atoms with Crippen LogP contribution in [-0.4, -0.2) is 72.4 Å². The summed E-state index contributed by atoms with van der Waals surface area (Å²) < 4.78 is 88.3. The normalized spacial score (nSPS) is 12.0. The first-order valence-electron chi connectivity index (χ1n) is 55.0. The van der Waals surface area contributed by atoms with E-state index in [2.05, 4.69) is 55.4 Å². The summed E-state index contributed by atoms with van der Waals surface area (Å²) in [6.07, 6.45) is 111. The van der Waals surface area contributed by atoms with Gasteiger partial charge in [0.2, 0.25) is 0 Å². The Morgan fingerprint density at radius 2 is 0.169 bits per heavy atom. The highest BCUT2D eigenvalue weighted by Crippen LogP contribution is 2.46. The second-order valence-electron chi connectivity index (χ2n) is 36.8. The summed E-state index contributed by atoms with van der Waals surface area (Å²) in [7, 11) is -15.4. The van der Waals surface area contributed by atoms with Crippen LogP contribution in [0.2, 0.25) is 0 Å². The summed E-state index contributed by atoms with van der Waals surface area (Å²) in [5.74, 6) is 0. The summed E-state index contributed by atoms with van der Waals surface area (Å²) in [6, 6.07) is 0. The molecule has 0 aliphatic carbocycles. The van der Waals surface area contributed by atoms with Gasteiger partial charge in [-0.25, -0.2) is 18.3 Å². The van der Waals surface area contributed by atoms with E-state index in [-0.39, 0.29) is 0 Å². The predicted octanol–water partition coefficient (Wildman–Crippen LogP) is 39.0. The summed E-state index contributed by atoms with van der Waals surface area (Å²) in [4.78, 5) is 39.0. The van der Waals surface area contributed by atoms with E-state index in [1.807, 2.05) is 0 Å². The second-order valence-corrected chi connectivity index (χ2v) is 42.6. The third-order valence-corrected chi connectivity index (χ3v) is 28.1. The molecule has 0 heterocycles. The lowest BCUT2D eigenvalue weighted by atomic mass is 10.0. The first kappa shape index (κ1) is 131. The SMILES string of the molecule is CCCCCCCCCCCCCCCCOP(=O)(O)OCCCCCCCCCCCCCCCC.CCCCCCCCCCCCCCOP(=O)(O)OCCCCCCCCCCCCCC.CCCCCCCCCCCCOP(=O)(O)OCCCCCCCCCCCC.CCCCCCCCCCOP(=O)(O)OCCCCCCCCCC. The Balaban J connectivity index is -0.000000782. The molecule has 124 heavy (non-hydrogen) atoms. The molecule has 0 atom stereocenters. The molecule has 0 aromatic heterocycles. The molecule has 0 saturated heterocycles. The molecule has 0 aromatic rings. The van der Waals surface area contributed by atoms with Crippen LogP contribution >= 0.6 is 31.3 Å². The summed E-state index contributed by atoms with van der Waals surface area (Å²) in [6.45, 7) is 20.6. The minimum atomic E-state index is -3.87. The number of hydrogen-bond donors (Lipinski definition) is 4. The van der Waals surface area contributed by atoms with Gasteiger partial charge in [-0.3, -0.25) is 36.2 Å². The third kappa shape index (κ3) is 124. The Bertz CT molecular complexity index is 2010. The topological polar surface area (TPSA) is 223 Å². The zero-order valence-electron chi connectivity index (χ0n) is 84.4. The van der Waals surface area contributed by atoms with Crippen molar-refractivity contribution in [1.82, 2.24) is 0 Å². The molecular weight excluding hydrogens is 1630 g/mol. The van der Waals surface area contributed by atoms with Crippen LogP contribution in [0.1, 0.15) is 620 Å².